The molecule has 0 spiro atoms. The van der Waals surface area contributed by atoms with Crippen molar-refractivity contribution in [1.82, 2.24) is 14.5 Å². The fraction of sp³-hybridized carbons (Fsp3) is 0.722. The summed E-state index contributed by atoms with van der Waals surface area (Å²) >= 11 is 0. The maximum Gasteiger partial charge on any atom is 0.348 e. The van der Waals surface area contributed by atoms with E-state index in [1.54, 1.807) is 11.8 Å². The Morgan fingerprint density at radius 2 is 1.96 bits per heavy atom. The van der Waals surface area contributed by atoms with Crippen LogP contribution in [0.15, 0.2) is 10.9 Å². The van der Waals surface area contributed by atoms with Gasteiger partial charge < -0.3 is 10.0 Å². The molecule has 0 aliphatic carbocycles. The monoisotopic (exact) mass is 335 g/mol. The number of hydrogen-bond acceptors (Lipinski definition) is 4. The highest BCUT2D eigenvalue weighted by Crippen LogP contribution is 2.24. The highest BCUT2D eigenvalue weighted by molar-refractivity contribution is 5.76. The van der Waals surface area contributed by atoms with E-state index in [2.05, 4.69) is 18.8 Å². The van der Waals surface area contributed by atoms with Crippen LogP contribution in [0.2, 0.25) is 0 Å². The molecule has 1 saturated heterocycles. The van der Waals surface area contributed by atoms with E-state index < -0.39 is 0 Å². The van der Waals surface area contributed by atoms with Crippen LogP contribution >= 0.6 is 0 Å². The van der Waals surface area contributed by atoms with Gasteiger partial charge in [0.05, 0.1) is 6.10 Å². The first-order valence-electron chi connectivity index (χ1n) is 8.79. The first kappa shape index (κ1) is 18.6. The number of hydrogen-bond donors (Lipinski definition) is 1. The van der Waals surface area contributed by atoms with Crippen molar-refractivity contribution in [2.45, 2.75) is 59.6 Å². The Bertz CT molecular complexity index is 631. The van der Waals surface area contributed by atoms with E-state index in [-0.39, 0.29) is 30.2 Å². The third-order valence-electron chi connectivity index (χ3n) is 4.79. The van der Waals surface area contributed by atoms with Crippen molar-refractivity contribution < 1.29 is 9.90 Å². The lowest BCUT2D eigenvalue weighted by molar-refractivity contribution is -0.134. The van der Waals surface area contributed by atoms with Gasteiger partial charge in [-0.2, -0.15) is 4.98 Å². The molecule has 1 aliphatic heterocycles. The minimum atomic E-state index is -0.372. The highest BCUT2D eigenvalue weighted by Gasteiger charge is 2.28. The second-order valence-corrected chi connectivity index (χ2v) is 7.32. The van der Waals surface area contributed by atoms with Gasteiger partial charge in [0, 0.05) is 24.5 Å². The van der Waals surface area contributed by atoms with E-state index >= 15 is 0 Å². The number of rotatable bonds is 5. The third-order valence-corrected chi connectivity index (χ3v) is 4.79. The van der Waals surface area contributed by atoms with Gasteiger partial charge in [0.15, 0.2) is 0 Å². The maximum absolute atomic E-state index is 12.5. The largest absolute Gasteiger partial charge is 0.393 e. The number of piperidine rings is 1. The minimum Gasteiger partial charge on any atom is -0.393 e. The predicted octanol–water partition coefficient (Wildman–Crippen LogP) is 1.51. The van der Waals surface area contributed by atoms with Crippen molar-refractivity contribution in [3.8, 4) is 0 Å². The number of carbonyl (C=O) groups excluding carboxylic acids is 1. The molecule has 1 N–H and O–H groups in total. The van der Waals surface area contributed by atoms with Crippen LogP contribution < -0.4 is 5.69 Å². The number of aliphatic hydroxyl groups is 1. The summed E-state index contributed by atoms with van der Waals surface area (Å²) in [6.45, 7) is 9.13. The van der Waals surface area contributed by atoms with Crippen LogP contribution in [0.25, 0.3) is 0 Å². The molecule has 2 heterocycles. The highest BCUT2D eigenvalue weighted by atomic mass is 16.3. The first-order chi connectivity index (χ1) is 11.3. The van der Waals surface area contributed by atoms with E-state index in [1.807, 2.05) is 13.0 Å². The molecule has 6 heteroatoms. The molecule has 1 aromatic rings. The quantitative estimate of drug-likeness (QED) is 0.885. The molecule has 1 aliphatic rings. The molecule has 0 unspecified atom stereocenters. The molecule has 2 rings (SSSR count). The zero-order chi connectivity index (χ0) is 17.9. The number of aryl methyl sites for hydroxylation is 2. The van der Waals surface area contributed by atoms with Crippen LogP contribution in [0.5, 0.6) is 0 Å². The molecule has 1 fully saturated rings. The van der Waals surface area contributed by atoms with Gasteiger partial charge in [0.1, 0.15) is 6.54 Å². The molecule has 0 radical (unpaired) electrons. The number of likely N-dealkylation sites (tertiary alicyclic amines) is 1. The van der Waals surface area contributed by atoms with Crippen molar-refractivity contribution in [2.75, 3.05) is 13.1 Å². The zero-order valence-corrected chi connectivity index (χ0v) is 15.2. The normalized spacial score (nSPS) is 17.3. The fourth-order valence-corrected chi connectivity index (χ4v) is 3.41. The summed E-state index contributed by atoms with van der Waals surface area (Å²) in [5.41, 5.74) is 1.05. The molecule has 24 heavy (non-hydrogen) atoms. The Morgan fingerprint density at radius 1 is 1.33 bits per heavy atom. The number of carbonyl (C=O) groups is 1. The maximum atomic E-state index is 12.5. The molecule has 1 amide bonds. The SMILES string of the molecule is Cc1cc(C)n(CC(=O)N2CCC([C@@H](O)CC(C)C)CC2)c(=O)n1. The molecular weight excluding hydrogens is 306 g/mol. The molecule has 1 aromatic heterocycles. The number of aliphatic hydroxyl groups excluding tert-OH is 1. The van der Waals surface area contributed by atoms with Gasteiger partial charge in [0.2, 0.25) is 5.91 Å². The van der Waals surface area contributed by atoms with E-state index in [9.17, 15) is 14.7 Å². The molecule has 0 saturated carbocycles. The summed E-state index contributed by atoms with van der Waals surface area (Å²) in [6.07, 6.45) is 2.16. The van der Waals surface area contributed by atoms with Gasteiger partial charge in [-0.25, -0.2) is 4.79 Å². The van der Waals surface area contributed by atoms with E-state index in [1.165, 1.54) is 4.57 Å². The van der Waals surface area contributed by atoms with Crippen LogP contribution in [0, 0.1) is 25.7 Å². The minimum absolute atomic E-state index is 0.0389. The van der Waals surface area contributed by atoms with Gasteiger partial charge in [-0.05, 0) is 51.0 Å². The van der Waals surface area contributed by atoms with Crippen molar-refractivity contribution >= 4 is 5.91 Å². The second kappa shape index (κ2) is 7.92. The zero-order valence-electron chi connectivity index (χ0n) is 15.2. The Morgan fingerprint density at radius 3 is 2.50 bits per heavy atom. The number of amides is 1. The molecule has 6 nitrogen and oxygen atoms in total. The number of aromatic nitrogens is 2. The van der Waals surface area contributed by atoms with Gasteiger partial charge in [-0.1, -0.05) is 13.8 Å². The lowest BCUT2D eigenvalue weighted by Gasteiger charge is -2.35. The standard InChI is InChI=1S/C18H29N3O3/c1-12(2)9-16(22)15-5-7-20(8-6-15)17(23)11-21-14(4)10-13(3)19-18(21)24/h10,12,15-16,22H,5-9,11H2,1-4H3/t16-/m0/s1. The summed E-state index contributed by atoms with van der Waals surface area (Å²) < 4.78 is 1.43. The summed E-state index contributed by atoms with van der Waals surface area (Å²) in [6, 6.07) is 1.81. The topological polar surface area (TPSA) is 75.4 Å². The predicted molar refractivity (Wildman–Crippen MR) is 92.7 cm³/mol. The summed E-state index contributed by atoms with van der Waals surface area (Å²) in [5.74, 6) is 0.688. The molecule has 1 atom stereocenters. The van der Waals surface area contributed by atoms with E-state index in [4.69, 9.17) is 0 Å². The second-order valence-electron chi connectivity index (χ2n) is 7.32. The first-order valence-corrected chi connectivity index (χ1v) is 8.79. The Kier molecular flexibility index (Phi) is 6.15. The van der Waals surface area contributed by atoms with Crippen LogP contribution in [0.4, 0.5) is 0 Å². The van der Waals surface area contributed by atoms with Crippen molar-refractivity contribution in [3.63, 3.8) is 0 Å². The number of nitrogens with zero attached hydrogens (tertiary/aromatic N) is 3. The smallest absolute Gasteiger partial charge is 0.348 e. The fourth-order valence-electron chi connectivity index (χ4n) is 3.41. The third kappa shape index (κ3) is 4.66. The van der Waals surface area contributed by atoms with Crippen LogP contribution in [-0.2, 0) is 11.3 Å². The van der Waals surface area contributed by atoms with Crippen molar-refractivity contribution in [3.05, 3.63) is 27.9 Å². The van der Waals surface area contributed by atoms with Crippen molar-refractivity contribution in [2.24, 2.45) is 11.8 Å². The Labute approximate surface area is 143 Å². The van der Waals surface area contributed by atoms with Crippen LogP contribution in [0.1, 0.15) is 44.5 Å². The molecule has 0 aromatic carbocycles. The van der Waals surface area contributed by atoms with E-state index in [0.717, 1.165) is 25.0 Å². The molecule has 0 bridgehead atoms. The van der Waals surface area contributed by atoms with Gasteiger partial charge in [0.25, 0.3) is 0 Å². The molecular formula is C18H29N3O3. The van der Waals surface area contributed by atoms with Crippen LogP contribution in [-0.4, -0.2) is 44.7 Å². The average molecular weight is 335 g/mol. The summed E-state index contributed by atoms with van der Waals surface area (Å²) in [4.78, 5) is 30.2. The lowest BCUT2D eigenvalue weighted by atomic mass is 9.87. The average Bonchev–Trinajstić information content (AvgIpc) is 2.50. The van der Waals surface area contributed by atoms with Gasteiger partial charge in [-0.15, -0.1) is 0 Å². The van der Waals surface area contributed by atoms with Crippen LogP contribution in [0.3, 0.4) is 0 Å². The lowest BCUT2D eigenvalue weighted by Crippen LogP contribution is -2.44. The Balaban J connectivity index is 1.93. The van der Waals surface area contributed by atoms with E-state index in [0.29, 0.717) is 24.7 Å². The Hall–Kier alpha value is -1.69. The van der Waals surface area contributed by atoms with Gasteiger partial charge >= 0.3 is 5.69 Å². The molecule has 134 valence electrons. The van der Waals surface area contributed by atoms with Crippen molar-refractivity contribution in [1.29, 1.82) is 0 Å². The summed E-state index contributed by atoms with van der Waals surface area (Å²) in [7, 11) is 0. The van der Waals surface area contributed by atoms with Gasteiger partial charge in [-0.3, -0.25) is 9.36 Å². The summed E-state index contributed by atoms with van der Waals surface area (Å²) in [5, 5.41) is 10.2.